The van der Waals surface area contributed by atoms with Crippen molar-refractivity contribution in [2.24, 2.45) is 0 Å². The van der Waals surface area contributed by atoms with E-state index in [-0.39, 0.29) is 35.9 Å². The van der Waals surface area contributed by atoms with E-state index in [2.05, 4.69) is 0 Å². The molecule has 0 saturated carbocycles. The quantitative estimate of drug-likeness (QED) is 0.269. The monoisotopic (exact) mass is 585 g/mol. The van der Waals surface area contributed by atoms with Gasteiger partial charge in [-0.05, 0) is 31.2 Å². The largest absolute Gasteiger partial charge is 1.00 e. The third kappa shape index (κ3) is 5.22. The van der Waals surface area contributed by atoms with E-state index in [9.17, 15) is 22.4 Å². The number of aromatic nitrogens is 2. The number of hydrogen-bond donors (Lipinski definition) is 0. The van der Waals surface area contributed by atoms with Crippen LogP contribution in [0.1, 0.15) is 23.1 Å². The number of alkyl halides is 3. The lowest BCUT2D eigenvalue weighted by molar-refractivity contribution is -0.685. The first-order valence-corrected chi connectivity index (χ1v) is 13.5. The predicted octanol–water partition coefficient (Wildman–Crippen LogP) is 1.63. The smallest absolute Gasteiger partial charge is 0.416 e. The Morgan fingerprint density at radius 3 is 2.62 bits per heavy atom. The summed E-state index contributed by atoms with van der Waals surface area (Å²) in [4.78, 5) is 15.9. The molecule has 0 N–H and O–H groups in total. The van der Waals surface area contributed by atoms with Gasteiger partial charge in [-0.2, -0.15) is 17.7 Å². The maximum atomic E-state index is 13.7. The highest BCUT2D eigenvalue weighted by Gasteiger charge is 2.34. The van der Waals surface area contributed by atoms with Crippen LogP contribution in [0, 0.1) is 5.82 Å². The van der Waals surface area contributed by atoms with Gasteiger partial charge in [-0.25, -0.2) is 4.39 Å². The molecule has 0 atom stereocenters. The standard InChI is InChI=1S/C25H20F4N3OS3.ClH/c1-3-32-21(36-22(23(32)33)24-30(2)18-9-8-16(26)12-19(18)35-24)13-20-31(10-11-34-20)14-15-6-4-5-7-17(15)25(27,28)29;/h4-13H,3,14H2,1-2H3;1H/q+1;/p-1/b24-22+;. The van der Waals surface area contributed by atoms with Gasteiger partial charge in [0, 0.05) is 24.1 Å². The van der Waals surface area contributed by atoms with Gasteiger partial charge in [0.2, 0.25) is 0 Å². The molecular weight excluding hydrogens is 566 g/mol. The van der Waals surface area contributed by atoms with Crippen LogP contribution in [0.5, 0.6) is 0 Å². The first kappa shape index (κ1) is 27.4. The summed E-state index contributed by atoms with van der Waals surface area (Å²) in [6.45, 7) is 2.36. The van der Waals surface area contributed by atoms with Crippen molar-refractivity contribution >= 4 is 51.2 Å². The molecule has 37 heavy (non-hydrogen) atoms. The summed E-state index contributed by atoms with van der Waals surface area (Å²) in [6, 6.07) is 10.1. The Balaban J connectivity index is 0.00000320. The molecule has 0 bridgehead atoms. The van der Waals surface area contributed by atoms with E-state index in [0.29, 0.717) is 15.7 Å². The molecule has 0 fully saturated rings. The molecule has 0 amide bonds. The van der Waals surface area contributed by atoms with E-state index in [1.54, 1.807) is 27.5 Å². The fourth-order valence-electron chi connectivity index (χ4n) is 4.08. The maximum Gasteiger partial charge on any atom is 0.416 e. The molecule has 1 aliphatic heterocycles. The molecule has 5 rings (SSSR count). The van der Waals surface area contributed by atoms with E-state index in [4.69, 9.17) is 0 Å². The van der Waals surface area contributed by atoms with Gasteiger partial charge < -0.3 is 17.3 Å². The normalized spacial score (nSPS) is 15.2. The zero-order valence-electron chi connectivity index (χ0n) is 19.6. The molecule has 4 aromatic rings. The molecule has 3 heterocycles. The topological polar surface area (TPSA) is 29.1 Å². The van der Waals surface area contributed by atoms with Gasteiger partial charge in [-0.3, -0.25) is 9.36 Å². The van der Waals surface area contributed by atoms with Crippen LogP contribution in [-0.4, -0.2) is 11.6 Å². The van der Waals surface area contributed by atoms with Gasteiger partial charge in [0.05, 0.1) is 22.7 Å². The van der Waals surface area contributed by atoms with Gasteiger partial charge in [-0.1, -0.05) is 41.3 Å². The van der Waals surface area contributed by atoms with Crippen LogP contribution >= 0.6 is 34.4 Å². The lowest BCUT2D eigenvalue weighted by atomic mass is 10.1. The summed E-state index contributed by atoms with van der Waals surface area (Å²) in [7, 11) is 1.84. The molecule has 4 nitrogen and oxygen atoms in total. The van der Waals surface area contributed by atoms with Gasteiger partial charge in [-0.15, -0.1) is 11.3 Å². The minimum atomic E-state index is -4.44. The molecule has 0 saturated heterocycles. The Morgan fingerprint density at radius 2 is 1.89 bits per heavy atom. The van der Waals surface area contributed by atoms with Crippen LogP contribution in [0.25, 0.3) is 11.1 Å². The van der Waals surface area contributed by atoms with Crippen LogP contribution in [0.4, 0.5) is 23.2 Å². The second kappa shape index (κ2) is 10.6. The van der Waals surface area contributed by atoms with E-state index in [1.807, 2.05) is 30.3 Å². The highest BCUT2D eigenvalue weighted by atomic mass is 35.5. The highest BCUT2D eigenvalue weighted by molar-refractivity contribution is 8.08. The second-order valence-electron chi connectivity index (χ2n) is 8.07. The highest BCUT2D eigenvalue weighted by Crippen LogP contribution is 2.45. The molecule has 2 aromatic heterocycles. The van der Waals surface area contributed by atoms with Crippen LogP contribution in [0.2, 0.25) is 0 Å². The average molecular weight is 586 g/mol. The third-order valence-electron chi connectivity index (χ3n) is 5.84. The molecule has 12 heteroatoms. The molecule has 0 spiro atoms. The first-order chi connectivity index (χ1) is 17.2. The van der Waals surface area contributed by atoms with Gasteiger partial charge in [0.1, 0.15) is 20.0 Å². The van der Waals surface area contributed by atoms with E-state index >= 15 is 0 Å². The number of fused-ring (bicyclic) bond motifs is 1. The van der Waals surface area contributed by atoms with Crippen LogP contribution in [0.3, 0.4) is 0 Å². The number of anilines is 1. The van der Waals surface area contributed by atoms with Crippen molar-refractivity contribution in [3.8, 4) is 0 Å². The molecule has 2 aromatic carbocycles. The predicted molar refractivity (Wildman–Crippen MR) is 136 cm³/mol. The van der Waals surface area contributed by atoms with Crippen molar-refractivity contribution in [2.75, 3.05) is 11.9 Å². The zero-order valence-corrected chi connectivity index (χ0v) is 22.8. The lowest BCUT2D eigenvalue weighted by Gasteiger charge is -2.12. The Labute approximate surface area is 228 Å². The summed E-state index contributed by atoms with van der Waals surface area (Å²) in [5, 5.41) is 3.27. The van der Waals surface area contributed by atoms with Gasteiger partial charge in [0.15, 0.2) is 12.7 Å². The summed E-state index contributed by atoms with van der Waals surface area (Å²) in [6.07, 6.45) is -0.856. The van der Waals surface area contributed by atoms with Crippen molar-refractivity contribution in [1.82, 2.24) is 4.57 Å². The summed E-state index contributed by atoms with van der Waals surface area (Å²) in [5.74, 6) is -0.337. The van der Waals surface area contributed by atoms with Crippen LogP contribution < -0.4 is 36.6 Å². The Hall–Kier alpha value is -2.60. The third-order valence-corrected chi connectivity index (χ3v) is 9.16. The molecule has 0 radical (unpaired) electrons. The summed E-state index contributed by atoms with van der Waals surface area (Å²) < 4.78 is 58.9. The Bertz CT molecular complexity index is 1640. The zero-order chi connectivity index (χ0) is 25.6. The minimum absolute atomic E-state index is 0. The number of hydrogen-bond acceptors (Lipinski definition) is 5. The van der Waals surface area contributed by atoms with E-state index in [0.717, 1.165) is 26.7 Å². The Kier molecular flexibility index (Phi) is 7.89. The van der Waals surface area contributed by atoms with Crippen molar-refractivity contribution in [1.29, 1.82) is 0 Å². The summed E-state index contributed by atoms with van der Waals surface area (Å²) in [5.41, 5.74) is 0.193. The molecule has 0 aliphatic carbocycles. The molecule has 194 valence electrons. The molecule has 1 aliphatic rings. The summed E-state index contributed by atoms with van der Waals surface area (Å²) >= 11 is 4.06. The van der Waals surface area contributed by atoms with E-state index in [1.165, 1.54) is 58.7 Å². The fourth-order valence-corrected chi connectivity index (χ4v) is 7.42. The number of benzene rings is 2. The van der Waals surface area contributed by atoms with Crippen molar-refractivity contribution in [3.05, 3.63) is 95.5 Å². The fraction of sp³-hybridized carbons (Fsp3) is 0.200. The lowest BCUT2D eigenvalue weighted by Crippen LogP contribution is -3.00. The number of thiazole rings is 2. The SMILES string of the molecule is CCn1c(=O)/c(=C2\Sc3cc(F)ccc3N2C)s/c1=C\c1scc[n+]1Cc1ccccc1C(F)(F)F.[Cl-]. The van der Waals surface area contributed by atoms with Crippen LogP contribution in [0.15, 0.2) is 63.7 Å². The number of nitrogens with zero attached hydrogens (tertiary/aromatic N) is 3. The first-order valence-electron chi connectivity index (χ1n) is 11.0. The van der Waals surface area contributed by atoms with Gasteiger partial charge >= 0.3 is 6.18 Å². The number of rotatable bonds is 4. The average Bonchev–Trinajstić information content (AvgIpc) is 3.49. The number of thioether (sulfide) groups is 1. The van der Waals surface area contributed by atoms with Crippen molar-refractivity contribution in [3.63, 3.8) is 0 Å². The van der Waals surface area contributed by atoms with E-state index < -0.39 is 11.7 Å². The molecular formula is C25H20ClF4N3OS3. The van der Waals surface area contributed by atoms with Crippen molar-refractivity contribution in [2.45, 2.75) is 31.1 Å². The second-order valence-corrected chi connectivity index (χ2v) is 11.1. The maximum absolute atomic E-state index is 13.7. The Morgan fingerprint density at radius 1 is 1.14 bits per heavy atom. The molecule has 0 unspecified atom stereocenters. The minimum Gasteiger partial charge on any atom is -1.00 e. The van der Waals surface area contributed by atoms with Gasteiger partial charge in [0.25, 0.3) is 10.6 Å². The van der Waals surface area contributed by atoms with Crippen molar-refractivity contribution < 1.29 is 34.5 Å². The number of halogens is 5. The van der Waals surface area contributed by atoms with Crippen LogP contribution in [-0.2, 0) is 19.3 Å².